The number of hydrogen-bond donors (Lipinski definition) is 2. The molecule has 1 aliphatic heterocycles. The van der Waals surface area contributed by atoms with Crippen molar-refractivity contribution in [2.75, 3.05) is 26.0 Å². The van der Waals surface area contributed by atoms with E-state index in [-0.39, 0.29) is 30.3 Å². The van der Waals surface area contributed by atoms with Crippen molar-refractivity contribution >= 4 is 29.9 Å². The van der Waals surface area contributed by atoms with Crippen molar-refractivity contribution in [2.24, 2.45) is 0 Å². The number of rotatable bonds is 3. The Kier molecular flexibility index (Phi) is 6.65. The molecule has 1 aromatic carbocycles. The molecule has 1 aliphatic rings. The third-order valence-electron chi connectivity index (χ3n) is 3.41. The average Bonchev–Trinajstić information content (AvgIpc) is 2.47. The van der Waals surface area contributed by atoms with Crippen LogP contribution in [0.3, 0.4) is 0 Å². The van der Waals surface area contributed by atoms with Gasteiger partial charge in [0.1, 0.15) is 0 Å². The number of hydrogen-bond acceptors (Lipinski definition) is 3. The highest BCUT2D eigenvalue weighted by atomic mass is 35.5. The zero-order chi connectivity index (χ0) is 14.5. The third-order valence-corrected chi connectivity index (χ3v) is 3.41. The molecule has 1 aromatic rings. The van der Waals surface area contributed by atoms with E-state index in [4.69, 9.17) is 0 Å². The molecule has 1 unspecified atom stereocenters. The number of piperidine rings is 1. The van der Waals surface area contributed by atoms with Gasteiger partial charge in [-0.25, -0.2) is 0 Å². The van der Waals surface area contributed by atoms with Crippen LogP contribution in [0.15, 0.2) is 24.3 Å². The topological polar surface area (TPSA) is 61.4 Å². The van der Waals surface area contributed by atoms with E-state index in [1.807, 2.05) is 0 Å². The molecule has 1 saturated heterocycles. The summed E-state index contributed by atoms with van der Waals surface area (Å²) in [6.45, 7) is 0.886. The molecule has 0 saturated carbocycles. The van der Waals surface area contributed by atoms with Crippen molar-refractivity contribution in [2.45, 2.75) is 25.3 Å². The summed E-state index contributed by atoms with van der Waals surface area (Å²) in [6, 6.07) is 6.91. The molecule has 2 rings (SSSR count). The minimum absolute atomic E-state index is 0. The quantitative estimate of drug-likeness (QED) is 0.896. The highest BCUT2D eigenvalue weighted by Crippen LogP contribution is 2.14. The van der Waals surface area contributed by atoms with E-state index in [2.05, 4.69) is 10.6 Å². The molecule has 1 heterocycles. The highest BCUT2D eigenvalue weighted by Gasteiger charge is 2.20. The standard InChI is InChI=1S/C15H21N3O2.ClH/c1-18(2)15(20)11-6-5-7-12(10-11)17-14(19)13-8-3-4-9-16-13;/h5-7,10,13,16H,3-4,8-9H2,1-2H3,(H,17,19);1H. The Morgan fingerprint density at radius 2 is 2.05 bits per heavy atom. The molecular formula is C15H22ClN3O2. The number of carbonyl (C=O) groups is 2. The summed E-state index contributed by atoms with van der Waals surface area (Å²) in [5, 5.41) is 6.08. The van der Waals surface area contributed by atoms with Crippen molar-refractivity contribution in [1.29, 1.82) is 0 Å². The van der Waals surface area contributed by atoms with Crippen LogP contribution in [-0.2, 0) is 4.79 Å². The number of benzene rings is 1. The van der Waals surface area contributed by atoms with Gasteiger partial charge in [0.05, 0.1) is 6.04 Å². The van der Waals surface area contributed by atoms with E-state index in [0.29, 0.717) is 11.3 Å². The van der Waals surface area contributed by atoms with Gasteiger partial charge in [0.2, 0.25) is 5.91 Å². The number of halogens is 1. The second-order valence-corrected chi connectivity index (χ2v) is 5.27. The molecule has 0 spiro atoms. The fourth-order valence-corrected chi connectivity index (χ4v) is 2.29. The van der Waals surface area contributed by atoms with Crippen LogP contribution < -0.4 is 10.6 Å². The van der Waals surface area contributed by atoms with Gasteiger partial charge in [-0.05, 0) is 37.6 Å². The van der Waals surface area contributed by atoms with Gasteiger partial charge < -0.3 is 15.5 Å². The summed E-state index contributed by atoms with van der Waals surface area (Å²) in [5.41, 5.74) is 1.24. The third kappa shape index (κ3) is 4.72. The number of amides is 2. The number of carbonyl (C=O) groups excluding carboxylic acids is 2. The van der Waals surface area contributed by atoms with Crippen molar-refractivity contribution < 1.29 is 9.59 Å². The number of anilines is 1. The fourth-order valence-electron chi connectivity index (χ4n) is 2.29. The average molecular weight is 312 g/mol. The largest absolute Gasteiger partial charge is 0.345 e. The predicted octanol–water partition coefficient (Wildman–Crippen LogP) is 1.89. The van der Waals surface area contributed by atoms with Gasteiger partial charge in [-0.3, -0.25) is 9.59 Å². The van der Waals surface area contributed by atoms with Crippen LogP contribution in [-0.4, -0.2) is 43.4 Å². The molecule has 116 valence electrons. The van der Waals surface area contributed by atoms with Gasteiger partial charge in [0, 0.05) is 25.3 Å². The number of nitrogens with zero attached hydrogens (tertiary/aromatic N) is 1. The lowest BCUT2D eigenvalue weighted by atomic mass is 10.0. The Morgan fingerprint density at radius 1 is 1.29 bits per heavy atom. The van der Waals surface area contributed by atoms with Gasteiger partial charge in [-0.2, -0.15) is 0 Å². The van der Waals surface area contributed by atoms with Gasteiger partial charge >= 0.3 is 0 Å². The zero-order valence-electron chi connectivity index (χ0n) is 12.4. The van der Waals surface area contributed by atoms with Crippen LogP contribution in [0.25, 0.3) is 0 Å². The monoisotopic (exact) mass is 311 g/mol. The van der Waals surface area contributed by atoms with Gasteiger partial charge in [-0.15, -0.1) is 12.4 Å². The summed E-state index contributed by atoms with van der Waals surface area (Å²) in [4.78, 5) is 25.5. The minimum atomic E-state index is -0.128. The molecule has 6 heteroatoms. The normalized spacial score (nSPS) is 17.5. The molecular weight excluding hydrogens is 290 g/mol. The SMILES string of the molecule is CN(C)C(=O)c1cccc(NC(=O)C2CCCCN2)c1.Cl. The molecule has 0 bridgehead atoms. The molecule has 0 aromatic heterocycles. The first kappa shape index (κ1) is 17.5. The zero-order valence-corrected chi connectivity index (χ0v) is 13.2. The van der Waals surface area contributed by atoms with E-state index < -0.39 is 0 Å². The van der Waals surface area contributed by atoms with E-state index in [1.54, 1.807) is 38.4 Å². The highest BCUT2D eigenvalue weighted by molar-refractivity contribution is 5.98. The maximum absolute atomic E-state index is 12.1. The van der Waals surface area contributed by atoms with E-state index in [1.165, 1.54) is 4.90 Å². The maximum Gasteiger partial charge on any atom is 0.253 e. The lowest BCUT2D eigenvalue weighted by molar-refractivity contribution is -0.118. The minimum Gasteiger partial charge on any atom is -0.345 e. The second kappa shape index (κ2) is 8.00. The first-order valence-corrected chi connectivity index (χ1v) is 6.94. The number of nitrogens with one attached hydrogen (secondary N) is 2. The fraction of sp³-hybridized carbons (Fsp3) is 0.467. The second-order valence-electron chi connectivity index (χ2n) is 5.27. The Labute approximate surface area is 131 Å². The first-order valence-electron chi connectivity index (χ1n) is 6.94. The van der Waals surface area contributed by atoms with Crippen LogP contribution in [0.4, 0.5) is 5.69 Å². The van der Waals surface area contributed by atoms with Gasteiger partial charge in [-0.1, -0.05) is 12.5 Å². The Hall–Kier alpha value is -1.59. The summed E-state index contributed by atoms with van der Waals surface area (Å²) < 4.78 is 0. The van der Waals surface area contributed by atoms with Crippen LogP contribution in [0.1, 0.15) is 29.6 Å². The van der Waals surface area contributed by atoms with E-state index in [0.717, 1.165) is 25.8 Å². The molecule has 0 aliphatic carbocycles. The van der Waals surface area contributed by atoms with E-state index in [9.17, 15) is 9.59 Å². The summed E-state index contributed by atoms with van der Waals surface area (Å²) in [7, 11) is 3.42. The lowest BCUT2D eigenvalue weighted by Gasteiger charge is -2.22. The molecule has 2 N–H and O–H groups in total. The van der Waals surface area contributed by atoms with Crippen molar-refractivity contribution in [3.63, 3.8) is 0 Å². The van der Waals surface area contributed by atoms with Gasteiger partial charge in [0.25, 0.3) is 5.91 Å². The van der Waals surface area contributed by atoms with Crippen molar-refractivity contribution in [3.8, 4) is 0 Å². The Balaban J connectivity index is 0.00000220. The maximum atomic E-state index is 12.1. The predicted molar refractivity (Wildman–Crippen MR) is 86.0 cm³/mol. The van der Waals surface area contributed by atoms with Crippen molar-refractivity contribution in [1.82, 2.24) is 10.2 Å². The van der Waals surface area contributed by atoms with Crippen LogP contribution in [0.2, 0.25) is 0 Å². The Bertz CT molecular complexity index is 499. The van der Waals surface area contributed by atoms with Crippen LogP contribution in [0.5, 0.6) is 0 Å². The van der Waals surface area contributed by atoms with E-state index >= 15 is 0 Å². The molecule has 21 heavy (non-hydrogen) atoms. The summed E-state index contributed by atoms with van der Waals surface area (Å²) in [5.74, 6) is -0.101. The first-order chi connectivity index (χ1) is 9.58. The molecule has 0 radical (unpaired) electrons. The molecule has 5 nitrogen and oxygen atoms in total. The summed E-state index contributed by atoms with van der Waals surface area (Å²) >= 11 is 0. The molecule has 1 atom stereocenters. The molecule has 2 amide bonds. The van der Waals surface area contributed by atoms with Gasteiger partial charge in [0.15, 0.2) is 0 Å². The molecule has 1 fully saturated rings. The van der Waals surface area contributed by atoms with Crippen LogP contribution >= 0.6 is 12.4 Å². The smallest absolute Gasteiger partial charge is 0.253 e. The lowest BCUT2D eigenvalue weighted by Crippen LogP contribution is -2.43. The van der Waals surface area contributed by atoms with Crippen LogP contribution in [0, 0.1) is 0 Å². The summed E-state index contributed by atoms with van der Waals surface area (Å²) in [6.07, 6.45) is 3.06. The van der Waals surface area contributed by atoms with Crippen molar-refractivity contribution in [3.05, 3.63) is 29.8 Å². The Morgan fingerprint density at radius 3 is 2.67 bits per heavy atom.